The Hall–Kier alpha value is -1.93. The van der Waals surface area contributed by atoms with E-state index < -0.39 is 0 Å². The molecule has 0 radical (unpaired) electrons. The van der Waals surface area contributed by atoms with Crippen molar-refractivity contribution in [2.75, 3.05) is 26.2 Å². The van der Waals surface area contributed by atoms with Crippen molar-refractivity contribution in [2.24, 2.45) is 12.0 Å². The quantitative estimate of drug-likeness (QED) is 0.651. The van der Waals surface area contributed by atoms with Gasteiger partial charge in [0, 0.05) is 37.3 Å². The maximum atomic E-state index is 5.93. The van der Waals surface area contributed by atoms with Gasteiger partial charge in [-0.1, -0.05) is 6.92 Å². The highest BCUT2D eigenvalue weighted by molar-refractivity contribution is 7.09. The topological polar surface area (TPSA) is 67.6 Å². The van der Waals surface area contributed by atoms with Crippen LogP contribution in [0.25, 0.3) is 0 Å². The molecule has 2 aromatic heterocycles. The molecule has 3 heterocycles. The molecule has 0 saturated carbocycles. The van der Waals surface area contributed by atoms with Crippen molar-refractivity contribution in [3.05, 3.63) is 34.0 Å². The minimum Gasteiger partial charge on any atom is -0.370 e. The molecule has 1 aliphatic rings. The molecule has 136 valence electrons. The first-order chi connectivity index (χ1) is 12.2. The minimum absolute atomic E-state index is 0.0253. The lowest BCUT2D eigenvalue weighted by Crippen LogP contribution is -2.48. The monoisotopic (exact) mass is 362 g/mol. The second-order valence-corrected chi connectivity index (χ2v) is 6.95. The Morgan fingerprint density at radius 3 is 3.04 bits per heavy atom. The number of thiazole rings is 1. The van der Waals surface area contributed by atoms with Gasteiger partial charge in [0.1, 0.15) is 6.10 Å². The smallest absolute Gasteiger partial charge is 0.194 e. The summed E-state index contributed by atoms with van der Waals surface area (Å²) in [5.41, 5.74) is 2.14. The van der Waals surface area contributed by atoms with E-state index in [1.807, 2.05) is 24.1 Å². The third-order valence-corrected chi connectivity index (χ3v) is 5.13. The lowest BCUT2D eigenvalue weighted by atomic mass is 10.1. The Labute approximate surface area is 152 Å². The number of aliphatic imine (C=N–C) groups is 1. The normalized spacial score (nSPS) is 18.6. The number of nitrogens with zero attached hydrogens (tertiary/aromatic N) is 5. The van der Waals surface area contributed by atoms with Crippen molar-refractivity contribution in [3.8, 4) is 0 Å². The summed E-state index contributed by atoms with van der Waals surface area (Å²) in [4.78, 5) is 11.6. The van der Waals surface area contributed by atoms with Crippen molar-refractivity contribution in [2.45, 2.75) is 32.9 Å². The highest BCUT2D eigenvalue weighted by Gasteiger charge is 2.25. The summed E-state index contributed by atoms with van der Waals surface area (Å²) in [6.07, 6.45) is 4.89. The summed E-state index contributed by atoms with van der Waals surface area (Å²) in [5, 5.41) is 10.9. The van der Waals surface area contributed by atoms with E-state index in [2.05, 4.69) is 39.5 Å². The van der Waals surface area contributed by atoms with Crippen LogP contribution in [0.4, 0.5) is 0 Å². The summed E-state index contributed by atoms with van der Waals surface area (Å²) < 4.78 is 7.74. The van der Waals surface area contributed by atoms with Crippen LogP contribution >= 0.6 is 11.3 Å². The Bertz CT molecular complexity index is 710. The zero-order chi connectivity index (χ0) is 17.6. The number of hydrogen-bond donors (Lipinski definition) is 1. The molecule has 7 nitrogen and oxygen atoms in total. The molecule has 0 amide bonds. The minimum atomic E-state index is 0.0253. The van der Waals surface area contributed by atoms with Crippen molar-refractivity contribution in [3.63, 3.8) is 0 Å². The molecule has 1 saturated heterocycles. The fraction of sp³-hybridized carbons (Fsp3) is 0.588. The number of aromatic nitrogens is 3. The first-order valence-electron chi connectivity index (χ1n) is 8.76. The summed E-state index contributed by atoms with van der Waals surface area (Å²) in [6, 6.07) is 0. The lowest BCUT2D eigenvalue weighted by Gasteiger charge is -2.34. The summed E-state index contributed by atoms with van der Waals surface area (Å²) in [7, 11) is 1.92. The van der Waals surface area contributed by atoms with Gasteiger partial charge in [0.05, 0.1) is 36.6 Å². The first kappa shape index (κ1) is 17.9. The number of morpholine rings is 1. The van der Waals surface area contributed by atoms with E-state index in [0.29, 0.717) is 13.2 Å². The van der Waals surface area contributed by atoms with Crippen LogP contribution in [-0.4, -0.2) is 51.9 Å². The molecule has 0 aliphatic carbocycles. The van der Waals surface area contributed by atoms with Gasteiger partial charge in [-0.15, -0.1) is 11.3 Å². The van der Waals surface area contributed by atoms with E-state index in [0.717, 1.165) is 43.3 Å². The zero-order valence-electron chi connectivity index (χ0n) is 15.1. The van der Waals surface area contributed by atoms with Gasteiger partial charge in [0.25, 0.3) is 0 Å². The highest BCUT2D eigenvalue weighted by Crippen LogP contribution is 2.21. The molecule has 1 N–H and O–H groups in total. The summed E-state index contributed by atoms with van der Waals surface area (Å²) in [5.74, 6) is 0.922. The van der Waals surface area contributed by atoms with Gasteiger partial charge in [0.2, 0.25) is 0 Å². The standard InChI is InChI=1S/C17H26N6OS/c1-4-16-21-14(12-25-16)9-19-17(18-5-2)23-6-7-24-15(11-23)13-8-20-22(3)10-13/h8,10,12,15H,4-7,9,11H2,1-3H3,(H,18,19). The van der Waals surface area contributed by atoms with Gasteiger partial charge in [-0.3, -0.25) is 4.68 Å². The molecule has 2 aromatic rings. The van der Waals surface area contributed by atoms with Crippen LogP contribution in [0.5, 0.6) is 0 Å². The van der Waals surface area contributed by atoms with Crippen LogP contribution in [0.3, 0.4) is 0 Å². The molecular weight excluding hydrogens is 336 g/mol. The molecule has 25 heavy (non-hydrogen) atoms. The van der Waals surface area contributed by atoms with E-state index in [1.54, 1.807) is 11.3 Å². The average molecular weight is 363 g/mol. The van der Waals surface area contributed by atoms with Crippen molar-refractivity contribution in [1.29, 1.82) is 0 Å². The van der Waals surface area contributed by atoms with E-state index in [1.165, 1.54) is 5.01 Å². The van der Waals surface area contributed by atoms with Crippen molar-refractivity contribution < 1.29 is 4.74 Å². The predicted octanol–water partition coefficient (Wildman–Crippen LogP) is 1.98. The predicted molar refractivity (Wildman–Crippen MR) is 99.8 cm³/mol. The number of ether oxygens (including phenoxy) is 1. The first-order valence-corrected chi connectivity index (χ1v) is 9.64. The Balaban J connectivity index is 1.69. The molecule has 0 spiro atoms. The SMILES string of the molecule is CCNC(=NCc1csc(CC)n1)N1CCOC(c2cnn(C)c2)C1. The largest absolute Gasteiger partial charge is 0.370 e. The second-order valence-electron chi connectivity index (χ2n) is 6.01. The van der Waals surface area contributed by atoms with Crippen LogP contribution in [0.15, 0.2) is 22.8 Å². The molecule has 1 atom stereocenters. The molecule has 1 unspecified atom stereocenters. The highest BCUT2D eigenvalue weighted by atomic mass is 32.1. The molecule has 1 fully saturated rings. The molecule has 0 aromatic carbocycles. The molecule has 8 heteroatoms. The van der Waals surface area contributed by atoms with Gasteiger partial charge in [-0.2, -0.15) is 5.10 Å². The van der Waals surface area contributed by atoms with Gasteiger partial charge in [-0.05, 0) is 13.3 Å². The third kappa shape index (κ3) is 4.58. The molecule has 0 bridgehead atoms. The average Bonchev–Trinajstić information content (AvgIpc) is 3.27. The number of rotatable bonds is 5. The van der Waals surface area contributed by atoms with E-state index in [-0.39, 0.29) is 6.10 Å². The molecule has 3 rings (SSSR count). The number of guanidine groups is 1. The molecule has 1 aliphatic heterocycles. The third-order valence-electron chi connectivity index (χ3n) is 4.09. The van der Waals surface area contributed by atoms with Gasteiger partial charge >= 0.3 is 0 Å². The van der Waals surface area contributed by atoms with Gasteiger partial charge in [0.15, 0.2) is 5.96 Å². The number of aryl methyl sites for hydroxylation is 2. The summed E-state index contributed by atoms with van der Waals surface area (Å²) >= 11 is 1.71. The van der Waals surface area contributed by atoms with Crippen molar-refractivity contribution >= 4 is 17.3 Å². The van der Waals surface area contributed by atoms with Crippen LogP contribution in [0.1, 0.15) is 36.2 Å². The Morgan fingerprint density at radius 1 is 1.48 bits per heavy atom. The van der Waals surface area contributed by atoms with E-state index >= 15 is 0 Å². The van der Waals surface area contributed by atoms with Crippen LogP contribution < -0.4 is 5.32 Å². The van der Waals surface area contributed by atoms with E-state index in [4.69, 9.17) is 9.73 Å². The fourth-order valence-corrected chi connectivity index (χ4v) is 3.55. The van der Waals surface area contributed by atoms with Crippen molar-refractivity contribution in [1.82, 2.24) is 25.0 Å². The summed E-state index contributed by atoms with van der Waals surface area (Å²) in [6.45, 7) is 7.95. The number of hydrogen-bond acceptors (Lipinski definition) is 5. The maximum Gasteiger partial charge on any atom is 0.194 e. The lowest BCUT2D eigenvalue weighted by molar-refractivity contribution is -0.00805. The molecular formula is C17H26N6OS. The maximum absolute atomic E-state index is 5.93. The number of nitrogens with one attached hydrogen (secondary N) is 1. The Morgan fingerprint density at radius 2 is 2.36 bits per heavy atom. The van der Waals surface area contributed by atoms with Gasteiger partial charge < -0.3 is 15.0 Å². The zero-order valence-corrected chi connectivity index (χ0v) is 15.9. The van der Waals surface area contributed by atoms with Crippen LogP contribution in [0, 0.1) is 0 Å². The van der Waals surface area contributed by atoms with E-state index in [9.17, 15) is 0 Å². The van der Waals surface area contributed by atoms with Crippen LogP contribution in [0.2, 0.25) is 0 Å². The fourth-order valence-electron chi connectivity index (χ4n) is 2.82. The second kappa shape index (κ2) is 8.44. The Kier molecular flexibility index (Phi) is 6.04. The van der Waals surface area contributed by atoms with Crippen LogP contribution in [-0.2, 0) is 24.8 Å². The van der Waals surface area contributed by atoms with Gasteiger partial charge in [-0.25, -0.2) is 9.98 Å².